The maximum Gasteiger partial charge on any atom is 0.314 e. The van der Waals surface area contributed by atoms with Gasteiger partial charge in [0.05, 0.1) is 12.5 Å². The smallest absolute Gasteiger partial charge is 0.314 e. The van der Waals surface area contributed by atoms with Crippen molar-refractivity contribution < 1.29 is 14.3 Å². The van der Waals surface area contributed by atoms with Crippen LogP contribution < -0.4 is 10.1 Å². The van der Waals surface area contributed by atoms with E-state index >= 15 is 0 Å². The first kappa shape index (κ1) is 16.5. The van der Waals surface area contributed by atoms with E-state index in [4.69, 9.17) is 9.47 Å². The third-order valence-electron chi connectivity index (χ3n) is 3.40. The largest absolute Gasteiger partial charge is 0.492 e. The van der Waals surface area contributed by atoms with E-state index in [0.29, 0.717) is 0 Å². The van der Waals surface area contributed by atoms with E-state index in [1.165, 1.54) is 7.11 Å². The van der Waals surface area contributed by atoms with Gasteiger partial charge in [-0.05, 0) is 46.4 Å². The molecule has 20 heavy (non-hydrogen) atoms. The maximum absolute atomic E-state index is 11.7. The number of carbonyl (C=O) groups is 1. The second-order valence-corrected chi connectivity index (χ2v) is 5.72. The third kappa shape index (κ3) is 3.97. The van der Waals surface area contributed by atoms with E-state index in [9.17, 15) is 4.79 Å². The van der Waals surface area contributed by atoms with Crippen LogP contribution in [0, 0.1) is 12.3 Å². The maximum atomic E-state index is 11.7. The standard InChI is InChI=1S/C16H25NO3/c1-11-7-8-13(12(2)17-5)14(9-11)20-10-16(3,4)15(18)19-6/h7-9,12,17H,10H2,1-6H3. The van der Waals surface area contributed by atoms with Gasteiger partial charge in [0, 0.05) is 11.6 Å². The number of hydrogen-bond acceptors (Lipinski definition) is 4. The molecule has 1 unspecified atom stereocenters. The van der Waals surface area contributed by atoms with Crippen LogP contribution in [0.3, 0.4) is 0 Å². The van der Waals surface area contributed by atoms with Gasteiger partial charge in [0.15, 0.2) is 0 Å². The van der Waals surface area contributed by atoms with E-state index in [2.05, 4.69) is 24.4 Å². The van der Waals surface area contributed by atoms with Crippen LogP contribution in [0.2, 0.25) is 0 Å². The van der Waals surface area contributed by atoms with Crippen molar-refractivity contribution in [3.63, 3.8) is 0 Å². The first-order chi connectivity index (χ1) is 9.31. The third-order valence-corrected chi connectivity index (χ3v) is 3.40. The van der Waals surface area contributed by atoms with Crippen molar-refractivity contribution in [2.75, 3.05) is 20.8 Å². The number of hydrogen-bond donors (Lipinski definition) is 1. The van der Waals surface area contributed by atoms with Crippen molar-refractivity contribution in [3.05, 3.63) is 29.3 Å². The lowest BCUT2D eigenvalue weighted by atomic mass is 9.95. The second-order valence-electron chi connectivity index (χ2n) is 5.72. The minimum absolute atomic E-state index is 0.187. The highest BCUT2D eigenvalue weighted by Gasteiger charge is 2.30. The number of aryl methyl sites for hydroxylation is 1. The van der Waals surface area contributed by atoms with Crippen molar-refractivity contribution in [3.8, 4) is 5.75 Å². The molecule has 0 spiro atoms. The summed E-state index contributed by atoms with van der Waals surface area (Å²) >= 11 is 0. The van der Waals surface area contributed by atoms with Gasteiger partial charge in [-0.15, -0.1) is 0 Å². The highest BCUT2D eigenvalue weighted by molar-refractivity contribution is 5.75. The van der Waals surface area contributed by atoms with Gasteiger partial charge in [-0.2, -0.15) is 0 Å². The van der Waals surface area contributed by atoms with Crippen LogP contribution in [0.4, 0.5) is 0 Å². The molecule has 1 rings (SSSR count). The number of methoxy groups -OCH3 is 1. The van der Waals surface area contributed by atoms with Crippen molar-refractivity contribution in [1.82, 2.24) is 5.32 Å². The van der Waals surface area contributed by atoms with E-state index in [1.807, 2.05) is 33.9 Å². The van der Waals surface area contributed by atoms with Crippen LogP contribution >= 0.6 is 0 Å². The normalized spacial score (nSPS) is 12.9. The summed E-state index contributed by atoms with van der Waals surface area (Å²) in [5, 5.41) is 3.20. The molecule has 0 aliphatic rings. The molecule has 112 valence electrons. The fraction of sp³-hybridized carbons (Fsp3) is 0.562. The summed E-state index contributed by atoms with van der Waals surface area (Å²) in [6.07, 6.45) is 0. The predicted octanol–water partition coefficient (Wildman–Crippen LogP) is 2.85. The van der Waals surface area contributed by atoms with Crippen molar-refractivity contribution in [1.29, 1.82) is 0 Å². The van der Waals surface area contributed by atoms with Crippen LogP contribution in [0.1, 0.15) is 37.9 Å². The Morgan fingerprint density at radius 2 is 2.05 bits per heavy atom. The molecule has 0 saturated heterocycles. The van der Waals surface area contributed by atoms with E-state index in [1.54, 1.807) is 0 Å². The van der Waals surface area contributed by atoms with Crippen LogP contribution in [0.25, 0.3) is 0 Å². The molecule has 0 saturated carbocycles. The van der Waals surface area contributed by atoms with Crippen molar-refractivity contribution in [2.24, 2.45) is 5.41 Å². The van der Waals surface area contributed by atoms with Gasteiger partial charge in [-0.1, -0.05) is 12.1 Å². The molecule has 4 heteroatoms. The molecule has 1 aromatic carbocycles. The summed E-state index contributed by atoms with van der Waals surface area (Å²) in [6.45, 7) is 8.01. The summed E-state index contributed by atoms with van der Waals surface area (Å²) < 4.78 is 10.7. The minimum Gasteiger partial charge on any atom is -0.492 e. The Labute approximate surface area is 121 Å². The molecule has 1 aromatic rings. The molecule has 0 fully saturated rings. The zero-order chi connectivity index (χ0) is 15.3. The summed E-state index contributed by atoms with van der Waals surface area (Å²) in [5.74, 6) is 0.539. The first-order valence-electron chi connectivity index (χ1n) is 6.81. The molecule has 1 N–H and O–H groups in total. The van der Waals surface area contributed by atoms with Gasteiger partial charge < -0.3 is 14.8 Å². The highest BCUT2D eigenvalue weighted by atomic mass is 16.5. The molecule has 0 radical (unpaired) electrons. The molecule has 0 aliphatic carbocycles. The summed E-state index contributed by atoms with van der Waals surface area (Å²) in [5.41, 5.74) is 1.54. The number of benzene rings is 1. The average Bonchev–Trinajstić information content (AvgIpc) is 2.43. The van der Waals surface area contributed by atoms with Gasteiger partial charge in [0.25, 0.3) is 0 Å². The number of carbonyl (C=O) groups excluding carboxylic acids is 1. The molecule has 4 nitrogen and oxygen atoms in total. The Morgan fingerprint density at radius 1 is 1.40 bits per heavy atom. The fourth-order valence-corrected chi connectivity index (χ4v) is 1.87. The molecular formula is C16H25NO3. The minimum atomic E-state index is -0.668. The number of rotatable bonds is 6. The van der Waals surface area contributed by atoms with Gasteiger partial charge >= 0.3 is 5.97 Å². The van der Waals surface area contributed by atoms with E-state index < -0.39 is 5.41 Å². The molecular weight excluding hydrogens is 254 g/mol. The zero-order valence-electron chi connectivity index (χ0n) is 13.2. The van der Waals surface area contributed by atoms with Gasteiger partial charge in [0.2, 0.25) is 0 Å². The van der Waals surface area contributed by atoms with Gasteiger partial charge in [0.1, 0.15) is 12.4 Å². The zero-order valence-corrected chi connectivity index (χ0v) is 13.2. The first-order valence-corrected chi connectivity index (χ1v) is 6.81. The lowest BCUT2D eigenvalue weighted by Gasteiger charge is -2.24. The quantitative estimate of drug-likeness (QED) is 0.813. The SMILES string of the molecule is CNC(C)c1ccc(C)cc1OCC(C)(C)C(=O)OC. The van der Waals surface area contributed by atoms with E-state index in [-0.39, 0.29) is 18.6 Å². The Kier molecular flexibility index (Phi) is 5.57. The Morgan fingerprint density at radius 3 is 2.60 bits per heavy atom. The topological polar surface area (TPSA) is 47.6 Å². The van der Waals surface area contributed by atoms with Crippen LogP contribution in [-0.4, -0.2) is 26.7 Å². The van der Waals surface area contributed by atoms with Crippen molar-refractivity contribution in [2.45, 2.75) is 33.7 Å². The monoisotopic (exact) mass is 279 g/mol. The predicted molar refractivity (Wildman–Crippen MR) is 79.9 cm³/mol. The van der Waals surface area contributed by atoms with E-state index in [0.717, 1.165) is 16.9 Å². The Bertz CT molecular complexity index is 469. The summed E-state index contributed by atoms with van der Waals surface area (Å²) in [4.78, 5) is 11.7. The lowest BCUT2D eigenvalue weighted by Crippen LogP contribution is -2.32. The molecule has 0 amide bonds. The van der Waals surface area contributed by atoms with Crippen molar-refractivity contribution >= 4 is 5.97 Å². The van der Waals surface area contributed by atoms with Gasteiger partial charge in [-0.25, -0.2) is 0 Å². The summed E-state index contributed by atoms with van der Waals surface area (Å²) in [6, 6.07) is 6.29. The van der Waals surface area contributed by atoms with Crippen LogP contribution in [0.5, 0.6) is 5.75 Å². The number of nitrogens with one attached hydrogen (secondary N) is 1. The Hall–Kier alpha value is -1.55. The fourth-order valence-electron chi connectivity index (χ4n) is 1.87. The highest BCUT2D eigenvalue weighted by Crippen LogP contribution is 2.28. The number of esters is 1. The lowest BCUT2D eigenvalue weighted by molar-refractivity contribution is -0.152. The van der Waals surface area contributed by atoms with Crippen LogP contribution in [-0.2, 0) is 9.53 Å². The average molecular weight is 279 g/mol. The Balaban J connectivity index is 2.91. The molecule has 0 aliphatic heterocycles. The van der Waals surface area contributed by atoms with Crippen LogP contribution in [0.15, 0.2) is 18.2 Å². The summed E-state index contributed by atoms with van der Waals surface area (Å²) in [7, 11) is 3.30. The molecule has 1 atom stereocenters. The molecule has 0 bridgehead atoms. The second kappa shape index (κ2) is 6.75. The van der Waals surface area contributed by atoms with Gasteiger partial charge in [-0.3, -0.25) is 4.79 Å². The molecule has 0 heterocycles. The molecule has 0 aromatic heterocycles. The number of ether oxygens (including phenoxy) is 2.